The number of nitrogens with one attached hydrogen (secondary N) is 3. The molecule has 0 spiro atoms. The zero-order valence-corrected chi connectivity index (χ0v) is 18.8. The minimum Gasteiger partial charge on any atom is -0.497 e. The number of fused-ring (bicyclic) bond motifs is 1. The van der Waals surface area contributed by atoms with Crippen molar-refractivity contribution < 1.29 is 19.1 Å². The third-order valence-electron chi connectivity index (χ3n) is 6.24. The minimum atomic E-state index is -0.726. The van der Waals surface area contributed by atoms with E-state index in [2.05, 4.69) is 16.0 Å². The van der Waals surface area contributed by atoms with E-state index in [1.54, 1.807) is 56.5 Å². The van der Waals surface area contributed by atoms with Gasteiger partial charge in [0, 0.05) is 23.3 Å². The van der Waals surface area contributed by atoms with Gasteiger partial charge in [0.2, 0.25) is 5.91 Å². The lowest BCUT2D eigenvalue weighted by Gasteiger charge is -2.35. The quantitative estimate of drug-likeness (QED) is 0.568. The van der Waals surface area contributed by atoms with E-state index >= 15 is 0 Å². The molecule has 3 atom stereocenters. The van der Waals surface area contributed by atoms with Crippen LogP contribution >= 0.6 is 0 Å². The van der Waals surface area contributed by atoms with Gasteiger partial charge in [-0.2, -0.15) is 0 Å². The maximum atomic E-state index is 13.1. The first-order chi connectivity index (χ1) is 15.9. The SMILES string of the molecule is COc1ccc(NC(=O)N2c3ccc(C(=O)NC4CCCCC4N)cc3NC(=O)C2C)cc1. The molecular weight excluding hydrogens is 422 g/mol. The molecule has 9 nitrogen and oxygen atoms in total. The average molecular weight is 452 g/mol. The molecule has 33 heavy (non-hydrogen) atoms. The molecule has 1 heterocycles. The van der Waals surface area contributed by atoms with E-state index in [-0.39, 0.29) is 23.9 Å². The van der Waals surface area contributed by atoms with Crippen LogP contribution in [0, 0.1) is 0 Å². The largest absolute Gasteiger partial charge is 0.497 e. The van der Waals surface area contributed by atoms with Crippen molar-refractivity contribution >= 4 is 34.9 Å². The summed E-state index contributed by atoms with van der Waals surface area (Å²) in [5, 5.41) is 8.62. The van der Waals surface area contributed by atoms with E-state index in [0.29, 0.717) is 28.4 Å². The summed E-state index contributed by atoms with van der Waals surface area (Å²) in [6, 6.07) is 10.5. The first-order valence-electron chi connectivity index (χ1n) is 11.1. The average Bonchev–Trinajstić information content (AvgIpc) is 2.81. The number of benzene rings is 2. The molecule has 0 aromatic heterocycles. The summed E-state index contributed by atoms with van der Waals surface area (Å²) in [5.74, 6) is 0.0885. The summed E-state index contributed by atoms with van der Waals surface area (Å²) in [5.41, 5.74) is 8.04. The third-order valence-corrected chi connectivity index (χ3v) is 6.24. The number of carbonyl (C=O) groups excluding carboxylic acids is 3. The van der Waals surface area contributed by atoms with Crippen LogP contribution in [0.5, 0.6) is 5.75 Å². The fourth-order valence-corrected chi connectivity index (χ4v) is 4.28. The molecule has 1 aliphatic heterocycles. The van der Waals surface area contributed by atoms with Gasteiger partial charge in [-0.1, -0.05) is 12.8 Å². The van der Waals surface area contributed by atoms with E-state index in [4.69, 9.17) is 10.5 Å². The minimum absolute atomic E-state index is 0.0574. The number of nitrogens with zero attached hydrogens (tertiary/aromatic N) is 1. The molecule has 2 aromatic carbocycles. The summed E-state index contributed by atoms with van der Waals surface area (Å²) in [7, 11) is 1.57. The van der Waals surface area contributed by atoms with Gasteiger partial charge in [-0.25, -0.2) is 4.79 Å². The summed E-state index contributed by atoms with van der Waals surface area (Å²) in [6.07, 6.45) is 3.85. The molecule has 3 unspecified atom stereocenters. The molecule has 0 bridgehead atoms. The van der Waals surface area contributed by atoms with Gasteiger partial charge < -0.3 is 26.4 Å². The fourth-order valence-electron chi connectivity index (χ4n) is 4.28. The number of carbonyl (C=O) groups is 3. The molecule has 5 N–H and O–H groups in total. The Morgan fingerprint density at radius 2 is 1.85 bits per heavy atom. The van der Waals surface area contributed by atoms with Gasteiger partial charge in [0.05, 0.1) is 18.5 Å². The van der Waals surface area contributed by atoms with Crippen LogP contribution < -0.4 is 31.3 Å². The van der Waals surface area contributed by atoms with Crippen molar-refractivity contribution in [2.24, 2.45) is 5.73 Å². The number of methoxy groups -OCH3 is 1. The van der Waals surface area contributed by atoms with Crippen molar-refractivity contribution in [2.45, 2.75) is 50.7 Å². The molecule has 0 saturated heterocycles. The second kappa shape index (κ2) is 9.50. The molecule has 9 heteroatoms. The van der Waals surface area contributed by atoms with Gasteiger partial charge in [0.25, 0.3) is 5.91 Å². The van der Waals surface area contributed by atoms with Gasteiger partial charge in [0.15, 0.2) is 0 Å². The standard InChI is InChI=1S/C24H29N5O4/c1-14-22(30)28-20-13-15(23(31)27-19-6-4-3-5-18(19)25)7-12-21(20)29(14)24(32)26-16-8-10-17(33-2)11-9-16/h7-14,18-19H,3-6,25H2,1-2H3,(H,26,32)(H,27,31)(H,28,30). The van der Waals surface area contributed by atoms with Gasteiger partial charge >= 0.3 is 6.03 Å². The number of rotatable bonds is 4. The predicted molar refractivity (Wildman–Crippen MR) is 127 cm³/mol. The molecule has 4 amide bonds. The maximum absolute atomic E-state index is 13.1. The van der Waals surface area contributed by atoms with Crippen molar-refractivity contribution in [3.63, 3.8) is 0 Å². The van der Waals surface area contributed by atoms with Crippen LogP contribution in [-0.2, 0) is 4.79 Å². The van der Waals surface area contributed by atoms with Crippen LogP contribution in [0.25, 0.3) is 0 Å². The lowest BCUT2D eigenvalue weighted by atomic mass is 9.91. The number of nitrogens with two attached hydrogens (primary N) is 1. The Morgan fingerprint density at radius 1 is 1.12 bits per heavy atom. The summed E-state index contributed by atoms with van der Waals surface area (Å²) >= 11 is 0. The van der Waals surface area contributed by atoms with Crippen LogP contribution in [-0.4, -0.2) is 43.1 Å². The molecule has 0 radical (unpaired) electrons. The first-order valence-corrected chi connectivity index (χ1v) is 11.1. The van der Waals surface area contributed by atoms with Crippen molar-refractivity contribution in [1.29, 1.82) is 0 Å². The van der Waals surface area contributed by atoms with Gasteiger partial charge in [-0.05, 0) is 62.2 Å². The molecule has 2 aromatic rings. The Labute approximate surface area is 192 Å². The highest BCUT2D eigenvalue weighted by atomic mass is 16.5. The molecule has 1 aliphatic carbocycles. The van der Waals surface area contributed by atoms with Crippen LogP contribution in [0.1, 0.15) is 43.0 Å². The molecule has 2 aliphatic rings. The van der Waals surface area contributed by atoms with E-state index in [1.807, 2.05) is 0 Å². The van der Waals surface area contributed by atoms with Crippen LogP contribution in [0.3, 0.4) is 0 Å². The summed E-state index contributed by atoms with van der Waals surface area (Å²) in [6.45, 7) is 1.65. The van der Waals surface area contributed by atoms with Crippen molar-refractivity contribution in [1.82, 2.24) is 5.32 Å². The molecule has 174 valence electrons. The Kier molecular flexibility index (Phi) is 6.50. The monoisotopic (exact) mass is 451 g/mol. The Hall–Kier alpha value is -3.59. The molecule has 1 saturated carbocycles. The maximum Gasteiger partial charge on any atom is 0.327 e. The highest BCUT2D eigenvalue weighted by molar-refractivity contribution is 6.15. The highest BCUT2D eigenvalue weighted by Gasteiger charge is 2.34. The Balaban J connectivity index is 1.54. The smallest absolute Gasteiger partial charge is 0.327 e. The van der Waals surface area contributed by atoms with E-state index in [1.165, 1.54) is 4.90 Å². The van der Waals surface area contributed by atoms with E-state index in [0.717, 1.165) is 25.7 Å². The second-order valence-corrected chi connectivity index (χ2v) is 8.45. The van der Waals surface area contributed by atoms with Gasteiger partial charge in [0.1, 0.15) is 11.8 Å². The number of amides is 4. The van der Waals surface area contributed by atoms with Gasteiger partial charge in [-0.15, -0.1) is 0 Å². The van der Waals surface area contributed by atoms with Crippen LogP contribution in [0.2, 0.25) is 0 Å². The van der Waals surface area contributed by atoms with Crippen LogP contribution in [0.4, 0.5) is 21.9 Å². The van der Waals surface area contributed by atoms with Gasteiger partial charge in [-0.3, -0.25) is 14.5 Å². The number of anilines is 3. The van der Waals surface area contributed by atoms with Crippen LogP contribution in [0.15, 0.2) is 42.5 Å². The Bertz CT molecular complexity index is 1060. The number of ether oxygens (including phenoxy) is 1. The first kappa shape index (κ1) is 22.6. The summed E-state index contributed by atoms with van der Waals surface area (Å²) in [4.78, 5) is 39.9. The number of hydrogen-bond acceptors (Lipinski definition) is 5. The van der Waals surface area contributed by atoms with Crippen molar-refractivity contribution in [3.05, 3.63) is 48.0 Å². The van der Waals surface area contributed by atoms with Crippen molar-refractivity contribution in [2.75, 3.05) is 22.6 Å². The predicted octanol–water partition coefficient (Wildman–Crippen LogP) is 3.07. The van der Waals surface area contributed by atoms with E-state index in [9.17, 15) is 14.4 Å². The molecule has 4 rings (SSSR count). The zero-order valence-electron chi connectivity index (χ0n) is 18.8. The normalized spacial score (nSPS) is 22.1. The fraction of sp³-hybridized carbons (Fsp3) is 0.375. The molecule has 1 fully saturated rings. The van der Waals surface area contributed by atoms with E-state index < -0.39 is 12.1 Å². The highest BCUT2D eigenvalue weighted by Crippen LogP contribution is 2.34. The summed E-state index contributed by atoms with van der Waals surface area (Å²) < 4.78 is 5.14. The number of urea groups is 1. The lowest BCUT2D eigenvalue weighted by Crippen LogP contribution is -2.51. The number of hydrogen-bond donors (Lipinski definition) is 4. The third kappa shape index (κ3) is 4.78. The second-order valence-electron chi connectivity index (χ2n) is 8.45. The molecular formula is C24H29N5O4. The van der Waals surface area contributed by atoms with Crippen molar-refractivity contribution in [3.8, 4) is 5.75 Å². The zero-order chi connectivity index (χ0) is 23.5. The lowest BCUT2D eigenvalue weighted by molar-refractivity contribution is -0.117. The Morgan fingerprint density at radius 3 is 2.55 bits per heavy atom. The topological polar surface area (TPSA) is 126 Å².